The van der Waals surface area contributed by atoms with Gasteiger partial charge in [-0.3, -0.25) is 4.79 Å². The van der Waals surface area contributed by atoms with E-state index in [4.69, 9.17) is 5.73 Å². The molecule has 0 aliphatic rings. The van der Waals surface area contributed by atoms with E-state index >= 15 is 0 Å². The Bertz CT molecular complexity index is 397. The molecule has 5 heteroatoms. The van der Waals surface area contributed by atoms with E-state index in [2.05, 4.69) is 30.4 Å². The van der Waals surface area contributed by atoms with Gasteiger partial charge in [0.25, 0.3) is 5.91 Å². The van der Waals surface area contributed by atoms with E-state index in [1.807, 2.05) is 0 Å². The smallest absolute Gasteiger partial charge is 0.255 e. The summed E-state index contributed by atoms with van der Waals surface area (Å²) in [4.78, 5) is 15.9. The number of carbonyl (C=O) groups is 1. The first-order chi connectivity index (χ1) is 8.58. The molecule has 1 aromatic heterocycles. The number of amides is 1. The molecule has 18 heavy (non-hydrogen) atoms. The summed E-state index contributed by atoms with van der Waals surface area (Å²) in [5.41, 5.74) is 6.13. The first kappa shape index (κ1) is 14.8. The van der Waals surface area contributed by atoms with Crippen LogP contribution in [0.4, 0.5) is 5.82 Å². The Morgan fingerprint density at radius 1 is 1.50 bits per heavy atom. The van der Waals surface area contributed by atoms with Crippen LogP contribution >= 0.6 is 11.8 Å². The molecule has 0 aliphatic heterocycles. The van der Waals surface area contributed by atoms with E-state index < -0.39 is 0 Å². The van der Waals surface area contributed by atoms with E-state index in [1.54, 1.807) is 30.1 Å². The van der Waals surface area contributed by atoms with Gasteiger partial charge >= 0.3 is 0 Å². The van der Waals surface area contributed by atoms with Gasteiger partial charge in [0.15, 0.2) is 0 Å². The predicted octanol–water partition coefficient (Wildman–Crippen LogP) is 2.32. The number of carbonyl (C=O) groups excluding carboxylic acids is 1. The third-order valence-corrected chi connectivity index (χ3v) is 4.96. The molecule has 4 nitrogen and oxygen atoms in total. The second-order valence-corrected chi connectivity index (χ2v) is 5.49. The molecule has 100 valence electrons. The molecule has 0 bridgehead atoms. The van der Waals surface area contributed by atoms with Crippen molar-refractivity contribution in [3.63, 3.8) is 0 Å². The van der Waals surface area contributed by atoms with Crippen molar-refractivity contribution in [1.82, 2.24) is 10.3 Å². The second kappa shape index (κ2) is 6.64. The van der Waals surface area contributed by atoms with Crippen LogP contribution < -0.4 is 11.1 Å². The summed E-state index contributed by atoms with van der Waals surface area (Å²) in [6.45, 7) is 4.93. The largest absolute Gasteiger partial charge is 0.383 e. The van der Waals surface area contributed by atoms with Crippen molar-refractivity contribution in [2.24, 2.45) is 0 Å². The normalized spacial score (nSPS) is 11.3. The summed E-state index contributed by atoms with van der Waals surface area (Å²) in [6.07, 6.45) is 5.70. The van der Waals surface area contributed by atoms with Crippen LogP contribution in [0.3, 0.4) is 0 Å². The van der Waals surface area contributed by atoms with Gasteiger partial charge in [0, 0.05) is 17.5 Å². The van der Waals surface area contributed by atoms with Crippen LogP contribution in [0.25, 0.3) is 0 Å². The molecule has 0 unspecified atom stereocenters. The van der Waals surface area contributed by atoms with Crippen LogP contribution in [0.2, 0.25) is 0 Å². The van der Waals surface area contributed by atoms with Crippen molar-refractivity contribution in [1.29, 1.82) is 0 Å². The Labute approximate surface area is 113 Å². The molecular formula is C13H21N3OS. The number of thioether (sulfide) groups is 1. The number of anilines is 1. The van der Waals surface area contributed by atoms with Crippen molar-refractivity contribution >= 4 is 23.5 Å². The molecular weight excluding hydrogens is 246 g/mol. The third-order valence-electron chi connectivity index (χ3n) is 3.38. The van der Waals surface area contributed by atoms with E-state index in [0.717, 1.165) is 12.8 Å². The molecule has 0 saturated carbocycles. The van der Waals surface area contributed by atoms with Gasteiger partial charge in [0.2, 0.25) is 0 Å². The Morgan fingerprint density at radius 2 is 2.17 bits per heavy atom. The Morgan fingerprint density at radius 3 is 2.67 bits per heavy atom. The lowest BCUT2D eigenvalue weighted by atomic mass is 10.0. The van der Waals surface area contributed by atoms with Gasteiger partial charge in [0.1, 0.15) is 5.82 Å². The zero-order chi connectivity index (χ0) is 13.6. The number of pyridine rings is 1. The minimum absolute atomic E-state index is 0.104. The summed E-state index contributed by atoms with van der Waals surface area (Å²) in [7, 11) is 0. The third kappa shape index (κ3) is 3.38. The van der Waals surface area contributed by atoms with Gasteiger partial charge in [-0.2, -0.15) is 11.8 Å². The molecule has 0 fully saturated rings. The van der Waals surface area contributed by atoms with Crippen molar-refractivity contribution in [2.45, 2.75) is 31.4 Å². The second-order valence-electron chi connectivity index (χ2n) is 4.21. The molecule has 3 N–H and O–H groups in total. The monoisotopic (exact) mass is 267 g/mol. The summed E-state index contributed by atoms with van der Waals surface area (Å²) in [5, 5.41) is 2.95. The molecule has 0 atom stereocenters. The van der Waals surface area contributed by atoms with Gasteiger partial charge in [-0.25, -0.2) is 4.98 Å². The summed E-state index contributed by atoms with van der Waals surface area (Å²) in [5.74, 6) is 0.124. The molecule has 0 radical (unpaired) electrons. The van der Waals surface area contributed by atoms with Crippen molar-refractivity contribution in [3.05, 3.63) is 23.9 Å². The predicted molar refractivity (Wildman–Crippen MR) is 77.8 cm³/mol. The first-order valence-corrected chi connectivity index (χ1v) is 7.35. The van der Waals surface area contributed by atoms with E-state index in [-0.39, 0.29) is 16.5 Å². The van der Waals surface area contributed by atoms with Crippen LogP contribution in [0.1, 0.15) is 37.0 Å². The fourth-order valence-electron chi connectivity index (χ4n) is 1.81. The van der Waals surface area contributed by atoms with Crippen LogP contribution in [0, 0.1) is 0 Å². The van der Waals surface area contributed by atoms with Crippen LogP contribution in [0.5, 0.6) is 0 Å². The van der Waals surface area contributed by atoms with E-state index in [1.165, 1.54) is 0 Å². The fraction of sp³-hybridized carbons (Fsp3) is 0.538. The number of rotatable bonds is 6. The lowest BCUT2D eigenvalue weighted by Crippen LogP contribution is -2.39. The van der Waals surface area contributed by atoms with E-state index in [0.29, 0.717) is 12.1 Å². The number of nitrogens with one attached hydrogen (secondary N) is 1. The molecule has 0 spiro atoms. The maximum atomic E-state index is 12.0. The van der Waals surface area contributed by atoms with Gasteiger partial charge < -0.3 is 11.1 Å². The fourth-order valence-corrected chi connectivity index (χ4v) is 2.60. The maximum absolute atomic E-state index is 12.0. The van der Waals surface area contributed by atoms with Crippen molar-refractivity contribution in [3.8, 4) is 0 Å². The SMILES string of the molecule is CCC(CC)(CNC(=O)c1cccnc1N)SC. The Balaban J connectivity index is 2.69. The van der Waals surface area contributed by atoms with Crippen molar-refractivity contribution in [2.75, 3.05) is 18.5 Å². The van der Waals surface area contributed by atoms with Gasteiger partial charge in [-0.15, -0.1) is 0 Å². The molecule has 1 amide bonds. The number of nitrogen functional groups attached to an aromatic ring is 1. The molecule has 0 aromatic carbocycles. The topological polar surface area (TPSA) is 68.0 Å². The highest BCUT2D eigenvalue weighted by Gasteiger charge is 2.25. The average Bonchev–Trinajstić information content (AvgIpc) is 2.41. The highest BCUT2D eigenvalue weighted by Crippen LogP contribution is 2.29. The molecule has 0 saturated heterocycles. The molecule has 1 aromatic rings. The lowest BCUT2D eigenvalue weighted by molar-refractivity contribution is 0.0949. The average molecular weight is 267 g/mol. The highest BCUT2D eigenvalue weighted by atomic mass is 32.2. The van der Waals surface area contributed by atoms with Crippen LogP contribution in [-0.2, 0) is 0 Å². The molecule has 0 aliphatic carbocycles. The highest BCUT2D eigenvalue weighted by molar-refractivity contribution is 8.00. The lowest BCUT2D eigenvalue weighted by Gasteiger charge is -2.29. The number of hydrogen-bond donors (Lipinski definition) is 2. The maximum Gasteiger partial charge on any atom is 0.255 e. The quantitative estimate of drug-likeness (QED) is 0.830. The molecule has 1 rings (SSSR count). The number of hydrogen-bond acceptors (Lipinski definition) is 4. The van der Waals surface area contributed by atoms with E-state index in [9.17, 15) is 4.79 Å². The minimum atomic E-state index is -0.152. The van der Waals surface area contributed by atoms with Crippen LogP contribution in [-0.4, -0.2) is 28.4 Å². The Hall–Kier alpha value is -1.23. The zero-order valence-electron chi connectivity index (χ0n) is 11.2. The zero-order valence-corrected chi connectivity index (χ0v) is 12.0. The summed E-state index contributed by atoms with van der Waals surface area (Å²) < 4.78 is 0.104. The number of nitrogens with two attached hydrogens (primary N) is 1. The van der Waals surface area contributed by atoms with Gasteiger partial charge in [-0.1, -0.05) is 13.8 Å². The Kier molecular flexibility index (Phi) is 5.47. The van der Waals surface area contributed by atoms with Gasteiger partial charge in [0.05, 0.1) is 5.56 Å². The number of nitrogens with zero attached hydrogens (tertiary/aromatic N) is 1. The summed E-state index contributed by atoms with van der Waals surface area (Å²) in [6, 6.07) is 3.41. The standard InChI is InChI=1S/C13H21N3OS/c1-4-13(5-2,18-3)9-16-12(17)10-7-6-8-15-11(10)14/h6-8H,4-5,9H2,1-3H3,(H2,14,15)(H,16,17). The van der Waals surface area contributed by atoms with Gasteiger partial charge in [-0.05, 0) is 31.2 Å². The molecule has 1 heterocycles. The van der Waals surface area contributed by atoms with Crippen LogP contribution in [0.15, 0.2) is 18.3 Å². The number of aromatic nitrogens is 1. The minimum Gasteiger partial charge on any atom is -0.383 e. The summed E-state index contributed by atoms with van der Waals surface area (Å²) >= 11 is 1.80. The van der Waals surface area contributed by atoms with Crippen molar-refractivity contribution < 1.29 is 4.79 Å². The first-order valence-electron chi connectivity index (χ1n) is 6.12.